The van der Waals surface area contributed by atoms with Crippen LogP contribution in [0.2, 0.25) is 0 Å². The van der Waals surface area contributed by atoms with E-state index in [1.54, 1.807) is 0 Å². The van der Waals surface area contributed by atoms with Crippen LogP contribution in [0.4, 0.5) is 0 Å². The minimum absolute atomic E-state index is 0.0536. The lowest BCUT2D eigenvalue weighted by Gasteiger charge is -2.16. The first-order chi connectivity index (χ1) is 12.5. The summed E-state index contributed by atoms with van der Waals surface area (Å²) in [6, 6.07) is 8.19. The molecule has 1 N–H and O–H groups in total. The van der Waals surface area contributed by atoms with Gasteiger partial charge in [0.05, 0.1) is 24.9 Å². The summed E-state index contributed by atoms with van der Waals surface area (Å²) in [7, 11) is 0. The summed E-state index contributed by atoms with van der Waals surface area (Å²) in [6.45, 7) is 9.03. The van der Waals surface area contributed by atoms with Gasteiger partial charge in [0.15, 0.2) is 0 Å². The molecule has 1 atom stereocenters. The van der Waals surface area contributed by atoms with Gasteiger partial charge in [-0.25, -0.2) is 0 Å². The van der Waals surface area contributed by atoms with E-state index >= 15 is 0 Å². The highest BCUT2D eigenvalue weighted by Crippen LogP contribution is 2.18. The molecule has 6 nitrogen and oxygen atoms in total. The van der Waals surface area contributed by atoms with Gasteiger partial charge in [0.1, 0.15) is 5.76 Å². The SMILES string of the molecule is Cc1cccc(CNC(=O)CN2CCC(OCc3c(C)noc3C)C2)c1. The highest BCUT2D eigenvalue weighted by Gasteiger charge is 2.25. The predicted octanol–water partition coefficient (Wildman–Crippen LogP) is 2.51. The van der Waals surface area contributed by atoms with Gasteiger partial charge in [0, 0.05) is 25.2 Å². The van der Waals surface area contributed by atoms with Crippen LogP contribution in [0.25, 0.3) is 0 Å². The zero-order valence-electron chi connectivity index (χ0n) is 15.7. The highest BCUT2D eigenvalue weighted by atomic mass is 16.5. The number of aryl methyl sites for hydroxylation is 3. The molecular weight excluding hydrogens is 330 g/mol. The van der Waals surface area contributed by atoms with Crippen LogP contribution in [0.15, 0.2) is 28.8 Å². The Bertz CT molecular complexity index is 737. The Morgan fingerprint density at radius 2 is 2.23 bits per heavy atom. The fraction of sp³-hybridized carbons (Fsp3) is 0.500. The number of benzene rings is 1. The molecule has 6 heteroatoms. The minimum Gasteiger partial charge on any atom is -0.372 e. The molecule has 2 aromatic rings. The lowest BCUT2D eigenvalue weighted by molar-refractivity contribution is -0.122. The number of aromatic nitrogens is 1. The average molecular weight is 357 g/mol. The van der Waals surface area contributed by atoms with Crippen LogP contribution in [0.5, 0.6) is 0 Å². The van der Waals surface area contributed by atoms with Gasteiger partial charge in [0.25, 0.3) is 0 Å². The van der Waals surface area contributed by atoms with E-state index in [2.05, 4.69) is 34.4 Å². The van der Waals surface area contributed by atoms with E-state index in [0.717, 1.165) is 42.1 Å². The molecule has 1 saturated heterocycles. The van der Waals surface area contributed by atoms with Gasteiger partial charge in [-0.2, -0.15) is 0 Å². The Balaban J connectivity index is 1.39. The number of carbonyl (C=O) groups excluding carboxylic acids is 1. The van der Waals surface area contributed by atoms with Gasteiger partial charge in [-0.15, -0.1) is 0 Å². The van der Waals surface area contributed by atoms with E-state index in [0.29, 0.717) is 19.7 Å². The first-order valence-corrected chi connectivity index (χ1v) is 9.09. The molecule has 1 unspecified atom stereocenters. The maximum absolute atomic E-state index is 12.2. The minimum atomic E-state index is 0.0536. The van der Waals surface area contributed by atoms with Crippen LogP contribution < -0.4 is 5.32 Å². The second-order valence-electron chi connectivity index (χ2n) is 7.03. The van der Waals surface area contributed by atoms with Crippen molar-refractivity contribution in [2.24, 2.45) is 0 Å². The first kappa shape index (κ1) is 18.6. The van der Waals surface area contributed by atoms with Crippen molar-refractivity contribution in [2.45, 2.75) is 46.4 Å². The largest absolute Gasteiger partial charge is 0.372 e. The molecule has 1 amide bonds. The number of nitrogens with zero attached hydrogens (tertiary/aromatic N) is 2. The zero-order chi connectivity index (χ0) is 18.5. The number of carbonyl (C=O) groups is 1. The van der Waals surface area contributed by atoms with Crippen molar-refractivity contribution in [3.8, 4) is 0 Å². The lowest BCUT2D eigenvalue weighted by atomic mass is 10.1. The number of nitrogens with one attached hydrogen (secondary N) is 1. The second kappa shape index (κ2) is 8.47. The Kier molecular flexibility index (Phi) is 6.06. The Hall–Kier alpha value is -2.18. The third-order valence-corrected chi connectivity index (χ3v) is 4.81. The molecular formula is C20H27N3O3. The Morgan fingerprint density at radius 1 is 1.38 bits per heavy atom. The van der Waals surface area contributed by atoms with Crippen LogP contribution in [0.1, 0.15) is 34.6 Å². The molecule has 140 valence electrons. The smallest absolute Gasteiger partial charge is 0.234 e. The maximum atomic E-state index is 12.2. The number of hydrogen-bond donors (Lipinski definition) is 1. The summed E-state index contributed by atoms with van der Waals surface area (Å²) in [4.78, 5) is 14.3. The summed E-state index contributed by atoms with van der Waals surface area (Å²) in [5, 5.41) is 6.94. The fourth-order valence-corrected chi connectivity index (χ4v) is 3.27. The van der Waals surface area contributed by atoms with E-state index in [9.17, 15) is 4.79 Å². The first-order valence-electron chi connectivity index (χ1n) is 9.09. The van der Waals surface area contributed by atoms with Crippen molar-refractivity contribution in [3.63, 3.8) is 0 Å². The number of likely N-dealkylation sites (tertiary alicyclic amines) is 1. The van der Waals surface area contributed by atoms with E-state index in [4.69, 9.17) is 9.26 Å². The average Bonchev–Trinajstić information content (AvgIpc) is 3.18. The van der Waals surface area contributed by atoms with Gasteiger partial charge in [-0.1, -0.05) is 35.0 Å². The van der Waals surface area contributed by atoms with Gasteiger partial charge >= 0.3 is 0 Å². The molecule has 1 aromatic carbocycles. The molecule has 26 heavy (non-hydrogen) atoms. The highest BCUT2D eigenvalue weighted by molar-refractivity contribution is 5.78. The van der Waals surface area contributed by atoms with Crippen molar-refractivity contribution in [2.75, 3.05) is 19.6 Å². The third-order valence-electron chi connectivity index (χ3n) is 4.81. The van der Waals surface area contributed by atoms with Crippen molar-refractivity contribution in [3.05, 3.63) is 52.4 Å². The topological polar surface area (TPSA) is 67.6 Å². The van der Waals surface area contributed by atoms with Gasteiger partial charge in [-0.3, -0.25) is 9.69 Å². The normalized spacial score (nSPS) is 17.6. The molecule has 0 aliphatic carbocycles. The van der Waals surface area contributed by atoms with Crippen molar-refractivity contribution in [1.82, 2.24) is 15.4 Å². The Morgan fingerprint density at radius 3 is 2.96 bits per heavy atom. The maximum Gasteiger partial charge on any atom is 0.234 e. The van der Waals surface area contributed by atoms with Gasteiger partial charge < -0.3 is 14.6 Å². The number of rotatable bonds is 7. The zero-order valence-corrected chi connectivity index (χ0v) is 15.7. The van der Waals surface area contributed by atoms with Crippen molar-refractivity contribution >= 4 is 5.91 Å². The van der Waals surface area contributed by atoms with Crippen LogP contribution >= 0.6 is 0 Å². The summed E-state index contributed by atoms with van der Waals surface area (Å²) in [6.07, 6.45) is 1.09. The number of ether oxygens (including phenoxy) is 1. The molecule has 0 radical (unpaired) electrons. The molecule has 1 aromatic heterocycles. The van der Waals surface area contributed by atoms with Crippen molar-refractivity contribution in [1.29, 1.82) is 0 Å². The van der Waals surface area contributed by atoms with Crippen molar-refractivity contribution < 1.29 is 14.1 Å². The van der Waals surface area contributed by atoms with Crippen LogP contribution in [-0.4, -0.2) is 41.7 Å². The Labute approximate surface area is 154 Å². The monoisotopic (exact) mass is 357 g/mol. The second-order valence-corrected chi connectivity index (χ2v) is 7.03. The predicted molar refractivity (Wildman–Crippen MR) is 98.6 cm³/mol. The molecule has 2 heterocycles. The molecule has 0 spiro atoms. The quantitative estimate of drug-likeness (QED) is 0.825. The molecule has 0 saturated carbocycles. The number of hydrogen-bond acceptors (Lipinski definition) is 5. The fourth-order valence-electron chi connectivity index (χ4n) is 3.27. The molecule has 1 aliphatic rings. The van der Waals surface area contributed by atoms with E-state index in [1.807, 2.05) is 26.0 Å². The summed E-state index contributed by atoms with van der Waals surface area (Å²) in [5.74, 6) is 0.866. The summed E-state index contributed by atoms with van der Waals surface area (Å²) >= 11 is 0. The molecule has 1 fully saturated rings. The van der Waals surface area contributed by atoms with Crippen LogP contribution in [-0.2, 0) is 22.7 Å². The summed E-state index contributed by atoms with van der Waals surface area (Å²) in [5.41, 5.74) is 4.24. The third kappa shape index (κ3) is 4.93. The van der Waals surface area contributed by atoms with Gasteiger partial charge in [0.2, 0.25) is 5.91 Å². The van der Waals surface area contributed by atoms with E-state index in [-0.39, 0.29) is 12.0 Å². The lowest BCUT2D eigenvalue weighted by Crippen LogP contribution is -2.36. The molecule has 3 rings (SSSR count). The van der Waals surface area contributed by atoms with Crippen LogP contribution in [0.3, 0.4) is 0 Å². The van der Waals surface area contributed by atoms with Gasteiger partial charge in [-0.05, 0) is 32.8 Å². The van der Waals surface area contributed by atoms with E-state index in [1.165, 1.54) is 5.56 Å². The summed E-state index contributed by atoms with van der Waals surface area (Å²) < 4.78 is 11.2. The number of amides is 1. The molecule has 0 bridgehead atoms. The standard InChI is InChI=1S/C20H27N3O3/c1-14-5-4-6-17(9-14)10-21-20(24)12-23-8-7-18(11-23)25-13-19-15(2)22-26-16(19)3/h4-6,9,18H,7-8,10-13H2,1-3H3,(H,21,24). The van der Waals surface area contributed by atoms with E-state index < -0.39 is 0 Å². The van der Waals surface area contributed by atoms with Crippen LogP contribution in [0, 0.1) is 20.8 Å². The molecule has 1 aliphatic heterocycles.